The van der Waals surface area contributed by atoms with E-state index in [9.17, 15) is 9.59 Å². The molecular formula is C16H17NO4S2. The Hall–Kier alpha value is -1.86. The molecule has 1 saturated heterocycles. The van der Waals surface area contributed by atoms with E-state index in [1.165, 1.54) is 11.8 Å². The largest absolute Gasteiger partial charge is 0.479 e. The van der Waals surface area contributed by atoms with Crippen LogP contribution in [0.15, 0.2) is 29.2 Å². The Bertz CT molecular complexity index is 655. The quantitative estimate of drug-likeness (QED) is 0.627. The van der Waals surface area contributed by atoms with Crippen LogP contribution in [0.5, 0.6) is 5.75 Å². The highest BCUT2D eigenvalue weighted by atomic mass is 32.2. The highest BCUT2D eigenvalue weighted by Gasteiger charge is 2.30. The van der Waals surface area contributed by atoms with Crippen molar-refractivity contribution < 1.29 is 19.4 Å². The minimum atomic E-state index is -0.986. The molecule has 5 nitrogen and oxygen atoms in total. The van der Waals surface area contributed by atoms with Gasteiger partial charge in [0.2, 0.25) is 0 Å². The van der Waals surface area contributed by atoms with Crippen molar-refractivity contribution >= 4 is 46.3 Å². The summed E-state index contributed by atoms with van der Waals surface area (Å²) in [7, 11) is 0. The summed E-state index contributed by atoms with van der Waals surface area (Å²) in [5, 5.41) is 8.99. The molecule has 23 heavy (non-hydrogen) atoms. The van der Waals surface area contributed by atoms with Gasteiger partial charge in [0.05, 0.1) is 4.91 Å². The molecule has 1 aliphatic rings. The molecule has 1 aromatic carbocycles. The van der Waals surface area contributed by atoms with E-state index in [4.69, 9.17) is 22.1 Å². The Morgan fingerprint density at radius 1 is 1.39 bits per heavy atom. The molecule has 1 aliphatic heterocycles. The van der Waals surface area contributed by atoms with Gasteiger partial charge in [-0.1, -0.05) is 43.0 Å². The van der Waals surface area contributed by atoms with Crippen LogP contribution in [0, 0.1) is 0 Å². The molecule has 1 amide bonds. The number of ether oxygens (including phenoxy) is 1. The summed E-state index contributed by atoms with van der Waals surface area (Å²) in [5.41, 5.74) is 0.831. The predicted molar refractivity (Wildman–Crippen MR) is 94.3 cm³/mol. The van der Waals surface area contributed by atoms with Crippen molar-refractivity contribution in [3.05, 3.63) is 34.7 Å². The summed E-state index contributed by atoms with van der Waals surface area (Å²) in [6.45, 7) is 4.19. The van der Waals surface area contributed by atoms with E-state index >= 15 is 0 Å². The van der Waals surface area contributed by atoms with E-state index in [0.29, 0.717) is 27.9 Å². The van der Waals surface area contributed by atoms with Gasteiger partial charge in [0.25, 0.3) is 5.91 Å². The van der Waals surface area contributed by atoms with Gasteiger partial charge in [0.1, 0.15) is 10.1 Å². The van der Waals surface area contributed by atoms with Gasteiger partial charge >= 0.3 is 5.97 Å². The summed E-state index contributed by atoms with van der Waals surface area (Å²) in [4.78, 5) is 25.2. The molecule has 7 heteroatoms. The number of thioether (sulfide) groups is 1. The summed E-state index contributed by atoms with van der Waals surface area (Å²) in [5.74, 6) is -0.586. The standard InChI is InChI=1S/C16H17NO4S2/c1-3-12(15(19)20)21-11-7-5-10(6-8-11)9-13-14(18)17(4-2)16(22)23-13/h5-9,12H,3-4H2,1-2H3,(H,19,20)/b13-9+. The average Bonchev–Trinajstić information content (AvgIpc) is 2.79. The molecule has 1 aromatic rings. The minimum Gasteiger partial charge on any atom is -0.479 e. The van der Waals surface area contributed by atoms with Gasteiger partial charge in [0, 0.05) is 6.54 Å². The molecule has 1 fully saturated rings. The number of thiocarbonyl (C=S) groups is 1. The summed E-state index contributed by atoms with van der Waals surface area (Å²) >= 11 is 6.45. The average molecular weight is 351 g/mol. The minimum absolute atomic E-state index is 0.0836. The molecule has 1 N–H and O–H groups in total. The maximum Gasteiger partial charge on any atom is 0.344 e. The zero-order valence-corrected chi connectivity index (χ0v) is 14.4. The lowest BCUT2D eigenvalue weighted by Gasteiger charge is -2.13. The van der Waals surface area contributed by atoms with Gasteiger partial charge in [-0.15, -0.1) is 0 Å². The van der Waals surface area contributed by atoms with E-state index in [0.717, 1.165) is 5.56 Å². The molecule has 1 atom stereocenters. The van der Waals surface area contributed by atoms with Gasteiger partial charge in [-0.25, -0.2) is 4.79 Å². The first-order valence-corrected chi connectivity index (χ1v) is 8.43. The van der Waals surface area contributed by atoms with Gasteiger partial charge in [-0.3, -0.25) is 9.69 Å². The van der Waals surface area contributed by atoms with Gasteiger partial charge in [-0.2, -0.15) is 0 Å². The van der Waals surface area contributed by atoms with E-state index < -0.39 is 12.1 Å². The SMILES string of the molecule is CCC(Oc1ccc(/C=C2/SC(=S)N(CC)C2=O)cc1)C(=O)O. The number of likely N-dealkylation sites (N-methyl/N-ethyl adjacent to an activating group) is 1. The van der Waals surface area contributed by atoms with Crippen molar-refractivity contribution in [3.8, 4) is 5.75 Å². The third-order valence-corrected chi connectivity index (χ3v) is 4.67. The zero-order valence-electron chi connectivity index (χ0n) is 12.8. The second-order valence-corrected chi connectivity index (χ2v) is 6.52. The summed E-state index contributed by atoms with van der Waals surface area (Å²) in [6.07, 6.45) is 1.30. The molecule has 1 unspecified atom stereocenters. The smallest absolute Gasteiger partial charge is 0.344 e. The number of benzene rings is 1. The van der Waals surface area contributed by atoms with Crippen molar-refractivity contribution in [1.29, 1.82) is 0 Å². The fourth-order valence-electron chi connectivity index (χ4n) is 2.04. The van der Waals surface area contributed by atoms with Crippen LogP contribution in [0.1, 0.15) is 25.8 Å². The van der Waals surface area contributed by atoms with Crippen LogP contribution in [0.25, 0.3) is 6.08 Å². The monoisotopic (exact) mass is 351 g/mol. The highest BCUT2D eigenvalue weighted by molar-refractivity contribution is 8.26. The number of carbonyl (C=O) groups excluding carboxylic acids is 1. The Morgan fingerprint density at radius 2 is 2.04 bits per heavy atom. The van der Waals surface area contributed by atoms with Crippen molar-refractivity contribution in [3.63, 3.8) is 0 Å². The third-order valence-electron chi connectivity index (χ3n) is 3.29. The first-order valence-electron chi connectivity index (χ1n) is 7.21. The van der Waals surface area contributed by atoms with E-state index in [1.807, 2.05) is 6.92 Å². The number of rotatable bonds is 6. The fraction of sp³-hybridized carbons (Fsp3) is 0.312. The molecule has 1 heterocycles. The third kappa shape index (κ3) is 4.11. The zero-order chi connectivity index (χ0) is 17.0. The van der Waals surface area contributed by atoms with Crippen LogP contribution < -0.4 is 4.74 Å². The Labute approximate surface area is 144 Å². The van der Waals surface area contributed by atoms with Crippen LogP contribution in [0.4, 0.5) is 0 Å². The van der Waals surface area contributed by atoms with E-state index in [-0.39, 0.29) is 5.91 Å². The van der Waals surface area contributed by atoms with Crippen LogP contribution in [-0.2, 0) is 9.59 Å². The fourth-order valence-corrected chi connectivity index (χ4v) is 3.42. The van der Waals surface area contributed by atoms with E-state index in [1.54, 1.807) is 42.2 Å². The molecule has 0 spiro atoms. The van der Waals surface area contributed by atoms with E-state index in [2.05, 4.69) is 0 Å². The normalized spacial score (nSPS) is 17.7. The van der Waals surface area contributed by atoms with Gasteiger partial charge in [0.15, 0.2) is 6.10 Å². The number of aliphatic carboxylic acids is 1. The lowest BCUT2D eigenvalue weighted by Crippen LogP contribution is -2.27. The number of carbonyl (C=O) groups is 2. The summed E-state index contributed by atoms with van der Waals surface area (Å²) in [6, 6.07) is 6.95. The van der Waals surface area contributed by atoms with Crippen LogP contribution in [-0.4, -0.2) is 38.9 Å². The molecule has 0 radical (unpaired) electrons. The second kappa shape index (κ2) is 7.61. The maximum absolute atomic E-state index is 12.1. The molecule has 0 saturated carbocycles. The number of amides is 1. The van der Waals surface area contributed by atoms with Crippen molar-refractivity contribution in [2.24, 2.45) is 0 Å². The Morgan fingerprint density at radius 3 is 2.52 bits per heavy atom. The Kier molecular flexibility index (Phi) is 5.79. The molecule has 122 valence electrons. The molecular weight excluding hydrogens is 334 g/mol. The summed E-state index contributed by atoms with van der Waals surface area (Å²) < 4.78 is 5.97. The number of carboxylic acid groups (broad SMARTS) is 1. The lowest BCUT2D eigenvalue weighted by atomic mass is 10.2. The van der Waals surface area contributed by atoms with Crippen LogP contribution in [0.3, 0.4) is 0 Å². The number of hydrogen-bond donors (Lipinski definition) is 1. The first kappa shape index (κ1) is 17.5. The Balaban J connectivity index is 2.11. The first-order chi connectivity index (χ1) is 11.0. The van der Waals surface area contributed by atoms with Crippen LogP contribution in [0.2, 0.25) is 0 Å². The molecule has 0 bridgehead atoms. The van der Waals surface area contributed by atoms with Crippen LogP contribution >= 0.6 is 24.0 Å². The van der Waals surface area contributed by atoms with Crippen molar-refractivity contribution in [2.75, 3.05) is 6.54 Å². The highest BCUT2D eigenvalue weighted by Crippen LogP contribution is 2.32. The second-order valence-electron chi connectivity index (χ2n) is 4.85. The number of nitrogens with zero attached hydrogens (tertiary/aromatic N) is 1. The van der Waals surface area contributed by atoms with Crippen molar-refractivity contribution in [1.82, 2.24) is 4.90 Å². The molecule has 2 rings (SSSR count). The molecule has 0 aromatic heterocycles. The van der Waals surface area contributed by atoms with Crippen molar-refractivity contribution in [2.45, 2.75) is 26.4 Å². The topological polar surface area (TPSA) is 66.8 Å². The number of carboxylic acids is 1. The number of hydrogen-bond acceptors (Lipinski definition) is 5. The van der Waals surface area contributed by atoms with Gasteiger partial charge in [-0.05, 0) is 37.1 Å². The molecule has 0 aliphatic carbocycles. The lowest BCUT2D eigenvalue weighted by molar-refractivity contribution is -0.145. The predicted octanol–water partition coefficient (Wildman–Crippen LogP) is 3.15. The maximum atomic E-state index is 12.1. The van der Waals surface area contributed by atoms with Gasteiger partial charge < -0.3 is 9.84 Å².